The predicted octanol–water partition coefficient (Wildman–Crippen LogP) is -0.460. The van der Waals surface area contributed by atoms with Crippen LogP contribution in [0.1, 0.15) is 19.3 Å². The molecule has 1 aromatic heterocycles. The van der Waals surface area contributed by atoms with E-state index in [1.54, 1.807) is 25.4 Å². The molecule has 0 saturated carbocycles. The molecule has 11 heteroatoms. The summed E-state index contributed by atoms with van der Waals surface area (Å²) in [4.78, 5) is 24.0. The van der Waals surface area contributed by atoms with Gasteiger partial charge in [-0.15, -0.1) is 0 Å². The number of rotatable bonds is 11. The van der Waals surface area contributed by atoms with Crippen LogP contribution in [-0.2, 0) is 25.5 Å². The largest absolute Gasteiger partial charge is 0.497 e. The summed E-state index contributed by atoms with van der Waals surface area (Å²) in [6.07, 6.45) is -3.16. The van der Waals surface area contributed by atoms with Crippen molar-refractivity contribution in [1.82, 2.24) is 4.57 Å². The number of aliphatic hydroxyl groups is 4. The van der Waals surface area contributed by atoms with Gasteiger partial charge in [-0.2, -0.15) is 0 Å². The van der Waals surface area contributed by atoms with Crippen molar-refractivity contribution in [1.29, 1.82) is 0 Å². The van der Waals surface area contributed by atoms with E-state index in [2.05, 4.69) is 0 Å². The van der Waals surface area contributed by atoms with E-state index in [1.165, 1.54) is 6.07 Å². The van der Waals surface area contributed by atoms with Crippen molar-refractivity contribution < 1.29 is 44.2 Å². The van der Waals surface area contributed by atoms with Crippen molar-refractivity contribution in [3.63, 3.8) is 0 Å². The molecule has 11 nitrogen and oxygen atoms in total. The van der Waals surface area contributed by atoms with Crippen LogP contribution in [0, 0.1) is 0 Å². The molecule has 1 fully saturated rings. The van der Waals surface area contributed by atoms with Gasteiger partial charge in [0, 0.05) is 30.3 Å². The molecular weight excluding hydrogens is 450 g/mol. The Labute approximate surface area is 196 Å². The molecule has 4 N–H and O–H groups in total. The Bertz CT molecular complexity index is 1010. The zero-order valence-electron chi connectivity index (χ0n) is 18.9. The smallest absolute Gasteiger partial charge is 0.332 e. The fourth-order valence-electron chi connectivity index (χ4n) is 3.82. The maximum Gasteiger partial charge on any atom is 0.332 e. The fraction of sp³-hybridized carbons (Fsp3) is 0.565. The number of esters is 1. The third-order valence-corrected chi connectivity index (χ3v) is 5.73. The number of aryl methyl sites for hydroxylation is 1. The number of pyridine rings is 1. The Morgan fingerprint density at radius 1 is 1.12 bits per heavy atom. The molecule has 0 radical (unpaired) electrons. The Hall–Kier alpha value is -2.54. The van der Waals surface area contributed by atoms with E-state index in [0.717, 1.165) is 18.4 Å². The van der Waals surface area contributed by atoms with Crippen LogP contribution < -0.4 is 10.2 Å². The van der Waals surface area contributed by atoms with E-state index < -0.39 is 49.9 Å². The summed E-state index contributed by atoms with van der Waals surface area (Å²) in [7, 11) is 1.57. The van der Waals surface area contributed by atoms with Gasteiger partial charge in [-0.05, 0) is 31.4 Å². The first-order valence-corrected chi connectivity index (χ1v) is 11.1. The molecule has 3 rings (SSSR count). The van der Waals surface area contributed by atoms with Gasteiger partial charge in [-0.25, -0.2) is 4.79 Å². The minimum atomic E-state index is -1.65. The average Bonchev–Trinajstić information content (AvgIpc) is 2.84. The van der Waals surface area contributed by atoms with Crippen molar-refractivity contribution in [3.8, 4) is 5.75 Å². The van der Waals surface area contributed by atoms with Crippen LogP contribution in [0.3, 0.4) is 0 Å². The van der Waals surface area contributed by atoms with Crippen LogP contribution in [0.2, 0.25) is 0 Å². The molecule has 1 aliphatic rings. The van der Waals surface area contributed by atoms with Crippen LogP contribution in [-0.4, -0.2) is 88.6 Å². The highest BCUT2D eigenvalue weighted by molar-refractivity contribution is 5.80. The minimum absolute atomic E-state index is 0.0507. The first-order chi connectivity index (χ1) is 16.3. The van der Waals surface area contributed by atoms with Gasteiger partial charge in [0.1, 0.15) is 36.8 Å². The Kier molecular flexibility index (Phi) is 9.39. The number of nitrogens with zero attached hydrogens (tertiary/aromatic N) is 1. The van der Waals surface area contributed by atoms with E-state index in [4.69, 9.17) is 24.1 Å². The van der Waals surface area contributed by atoms with E-state index in [1.807, 2.05) is 10.6 Å². The van der Waals surface area contributed by atoms with Crippen molar-refractivity contribution in [3.05, 3.63) is 40.7 Å². The number of methoxy groups -OCH3 is 1. The zero-order valence-corrected chi connectivity index (χ0v) is 18.9. The molecule has 2 aromatic rings. The summed E-state index contributed by atoms with van der Waals surface area (Å²) in [5.41, 5.74) is 0.742. The molecule has 34 heavy (non-hydrogen) atoms. The van der Waals surface area contributed by atoms with Gasteiger partial charge in [0.2, 0.25) is 0 Å². The Morgan fingerprint density at radius 3 is 2.65 bits per heavy atom. The van der Waals surface area contributed by atoms with Gasteiger partial charge in [-0.3, -0.25) is 4.79 Å². The lowest BCUT2D eigenvalue weighted by atomic mass is 9.99. The highest BCUT2D eigenvalue weighted by Gasteiger charge is 2.44. The quantitative estimate of drug-likeness (QED) is 0.245. The zero-order chi connectivity index (χ0) is 24.7. The van der Waals surface area contributed by atoms with E-state index in [-0.39, 0.29) is 12.0 Å². The van der Waals surface area contributed by atoms with Crippen molar-refractivity contribution in [2.45, 2.75) is 56.5 Å². The molecule has 1 saturated heterocycles. The number of fused-ring (bicyclic) bond motifs is 1. The van der Waals surface area contributed by atoms with Crippen LogP contribution in [0.15, 0.2) is 35.3 Å². The molecule has 0 aliphatic carbocycles. The van der Waals surface area contributed by atoms with Crippen molar-refractivity contribution in [2.24, 2.45) is 0 Å². The third-order valence-electron chi connectivity index (χ3n) is 5.73. The van der Waals surface area contributed by atoms with Gasteiger partial charge in [0.15, 0.2) is 11.7 Å². The number of benzene rings is 1. The SMILES string of the molecule is COc1ccc2c(=O)ccn(CCCCCOC(=O)CO[C@H]3[C@H](O)[C@@H](CO)OC(O)[C@@H]3O)c2c1. The summed E-state index contributed by atoms with van der Waals surface area (Å²) in [6, 6.07) is 6.86. The number of aliphatic hydroxyl groups excluding tert-OH is 4. The fourth-order valence-corrected chi connectivity index (χ4v) is 3.82. The van der Waals surface area contributed by atoms with Crippen LogP contribution in [0.5, 0.6) is 5.75 Å². The van der Waals surface area contributed by atoms with Gasteiger partial charge in [0.25, 0.3) is 0 Å². The standard InChI is InChI=1S/C23H31NO10/c1-31-14-5-6-15-16(11-14)24(9-7-17(15)26)8-3-2-4-10-32-19(27)13-33-22-20(28)18(12-25)34-23(30)21(22)29/h5-7,9,11,18,20-23,25,28-30H,2-4,8,10,12-13H2,1H3/t18-,20-,21-,22+,23?/m1/s1. The normalized spacial score (nSPS) is 24.8. The molecule has 5 atom stereocenters. The first kappa shape index (κ1) is 26.1. The molecule has 2 heterocycles. The summed E-state index contributed by atoms with van der Waals surface area (Å²) in [5, 5.41) is 39.3. The second-order valence-corrected chi connectivity index (χ2v) is 8.04. The first-order valence-electron chi connectivity index (χ1n) is 11.1. The molecule has 0 amide bonds. The Balaban J connectivity index is 1.39. The molecule has 0 bridgehead atoms. The van der Waals surface area contributed by atoms with Crippen LogP contribution >= 0.6 is 0 Å². The highest BCUT2D eigenvalue weighted by atomic mass is 16.6. The van der Waals surface area contributed by atoms with Gasteiger partial charge in [-0.1, -0.05) is 0 Å². The number of hydrogen-bond acceptors (Lipinski definition) is 10. The summed E-state index contributed by atoms with van der Waals surface area (Å²) in [5.74, 6) is -0.0115. The predicted molar refractivity (Wildman–Crippen MR) is 119 cm³/mol. The number of ether oxygens (including phenoxy) is 4. The highest BCUT2D eigenvalue weighted by Crippen LogP contribution is 2.22. The second kappa shape index (κ2) is 12.2. The lowest BCUT2D eigenvalue weighted by molar-refractivity contribution is -0.294. The summed E-state index contributed by atoms with van der Waals surface area (Å²) in [6.45, 7) is -0.274. The van der Waals surface area contributed by atoms with Crippen LogP contribution in [0.25, 0.3) is 10.9 Å². The lowest BCUT2D eigenvalue weighted by Crippen LogP contribution is -2.59. The second-order valence-electron chi connectivity index (χ2n) is 8.04. The van der Waals surface area contributed by atoms with Crippen molar-refractivity contribution in [2.75, 3.05) is 26.9 Å². The third kappa shape index (κ3) is 6.32. The van der Waals surface area contributed by atoms with Gasteiger partial charge >= 0.3 is 5.97 Å². The number of unbranched alkanes of at least 4 members (excludes halogenated alkanes) is 2. The maximum atomic E-state index is 12.1. The van der Waals surface area contributed by atoms with Crippen molar-refractivity contribution >= 4 is 16.9 Å². The topological polar surface area (TPSA) is 157 Å². The number of carbonyl (C=O) groups is 1. The minimum Gasteiger partial charge on any atom is -0.497 e. The molecule has 1 aliphatic heterocycles. The number of aromatic nitrogens is 1. The maximum absolute atomic E-state index is 12.1. The molecule has 0 spiro atoms. The molecular formula is C23H31NO10. The number of carbonyl (C=O) groups excluding carboxylic acids is 1. The number of hydrogen-bond donors (Lipinski definition) is 4. The van der Waals surface area contributed by atoms with Gasteiger partial charge < -0.3 is 43.9 Å². The monoisotopic (exact) mass is 481 g/mol. The van der Waals surface area contributed by atoms with E-state index in [9.17, 15) is 24.9 Å². The van der Waals surface area contributed by atoms with Crippen LogP contribution in [0.4, 0.5) is 0 Å². The van der Waals surface area contributed by atoms with Gasteiger partial charge in [0.05, 0.1) is 25.8 Å². The van der Waals surface area contributed by atoms with E-state index >= 15 is 0 Å². The summed E-state index contributed by atoms with van der Waals surface area (Å²) >= 11 is 0. The molecule has 188 valence electrons. The molecule has 1 unspecified atom stereocenters. The summed E-state index contributed by atoms with van der Waals surface area (Å²) < 4.78 is 22.4. The average molecular weight is 481 g/mol. The van der Waals surface area contributed by atoms with E-state index in [0.29, 0.717) is 24.1 Å². The lowest BCUT2D eigenvalue weighted by Gasteiger charge is -2.39. The molecule has 1 aromatic carbocycles. The Morgan fingerprint density at radius 2 is 1.91 bits per heavy atom.